The molecular formula is C15H11Cl3N4OS. The van der Waals surface area contributed by atoms with E-state index < -0.39 is 5.25 Å². The van der Waals surface area contributed by atoms with Gasteiger partial charge in [0.05, 0.1) is 31.5 Å². The predicted octanol–water partition coefficient (Wildman–Crippen LogP) is 5.04. The van der Waals surface area contributed by atoms with E-state index in [1.165, 1.54) is 18.0 Å². The number of amides is 1. The molecule has 0 aliphatic rings. The van der Waals surface area contributed by atoms with Crippen LogP contribution in [0.4, 0.5) is 5.69 Å². The summed E-state index contributed by atoms with van der Waals surface area (Å²) in [7, 11) is 0. The van der Waals surface area contributed by atoms with Gasteiger partial charge in [0.25, 0.3) is 0 Å². The van der Waals surface area contributed by atoms with Crippen molar-refractivity contribution in [2.75, 3.05) is 5.32 Å². The molecule has 3 rings (SSSR count). The Labute approximate surface area is 157 Å². The van der Waals surface area contributed by atoms with Gasteiger partial charge in [-0.05, 0) is 25.1 Å². The Kier molecular flexibility index (Phi) is 5.20. The van der Waals surface area contributed by atoms with Crippen molar-refractivity contribution in [1.82, 2.24) is 15.0 Å². The summed E-state index contributed by atoms with van der Waals surface area (Å²) in [6.07, 6.45) is 1.52. The number of nitrogens with one attached hydrogen (secondary N) is 2. The van der Waals surface area contributed by atoms with Crippen LogP contribution in [0.5, 0.6) is 0 Å². The van der Waals surface area contributed by atoms with E-state index >= 15 is 0 Å². The number of imidazole rings is 1. The van der Waals surface area contributed by atoms with Crippen LogP contribution in [0.3, 0.4) is 0 Å². The van der Waals surface area contributed by atoms with Crippen molar-refractivity contribution < 1.29 is 4.79 Å². The highest BCUT2D eigenvalue weighted by molar-refractivity contribution is 8.00. The van der Waals surface area contributed by atoms with Gasteiger partial charge < -0.3 is 10.3 Å². The molecule has 0 fully saturated rings. The van der Waals surface area contributed by atoms with Crippen molar-refractivity contribution in [2.24, 2.45) is 0 Å². The largest absolute Gasteiger partial charge is 0.331 e. The number of carbonyl (C=O) groups is 1. The van der Waals surface area contributed by atoms with Gasteiger partial charge in [-0.2, -0.15) is 0 Å². The molecule has 0 saturated heterocycles. The van der Waals surface area contributed by atoms with Gasteiger partial charge in [-0.15, -0.1) is 0 Å². The van der Waals surface area contributed by atoms with Gasteiger partial charge in [0.1, 0.15) is 0 Å². The van der Waals surface area contributed by atoms with E-state index in [0.29, 0.717) is 37.1 Å². The second-order valence-electron chi connectivity index (χ2n) is 4.91. The molecule has 0 aliphatic carbocycles. The van der Waals surface area contributed by atoms with Crippen molar-refractivity contribution in [2.45, 2.75) is 17.3 Å². The summed E-state index contributed by atoms with van der Waals surface area (Å²) in [6.45, 7) is 1.76. The first-order valence-electron chi connectivity index (χ1n) is 6.87. The first kappa shape index (κ1) is 17.4. The van der Waals surface area contributed by atoms with Crippen molar-refractivity contribution >= 4 is 69.3 Å². The summed E-state index contributed by atoms with van der Waals surface area (Å²) in [4.78, 5) is 23.9. The van der Waals surface area contributed by atoms with Gasteiger partial charge in [-0.25, -0.2) is 9.97 Å². The third kappa shape index (κ3) is 3.78. The van der Waals surface area contributed by atoms with Gasteiger partial charge in [-0.1, -0.05) is 52.6 Å². The van der Waals surface area contributed by atoms with Gasteiger partial charge in [0.15, 0.2) is 10.8 Å². The van der Waals surface area contributed by atoms with Crippen LogP contribution in [0.15, 0.2) is 35.6 Å². The summed E-state index contributed by atoms with van der Waals surface area (Å²) in [5.74, 6) is -0.235. The molecule has 1 atom stereocenters. The van der Waals surface area contributed by atoms with Crippen LogP contribution < -0.4 is 5.32 Å². The van der Waals surface area contributed by atoms with Crippen LogP contribution >= 0.6 is 46.6 Å². The van der Waals surface area contributed by atoms with E-state index in [2.05, 4.69) is 20.3 Å². The quantitative estimate of drug-likeness (QED) is 0.601. The molecule has 9 heteroatoms. The van der Waals surface area contributed by atoms with Gasteiger partial charge in [0.2, 0.25) is 5.91 Å². The van der Waals surface area contributed by atoms with Gasteiger partial charge in [0, 0.05) is 6.20 Å². The standard InChI is InChI=1S/C15H11Cl3N4OS/c1-7(14(23)21-12-9(17)3-2-4-10(12)18)24-15-20-11-5-8(16)6-19-13(11)22-15/h2-7H,1H3,(H,21,23)(H,19,20,22)/t7-/m1/s1. The van der Waals surface area contributed by atoms with Crippen molar-refractivity contribution in [1.29, 1.82) is 0 Å². The molecule has 2 heterocycles. The Balaban J connectivity index is 1.73. The molecule has 24 heavy (non-hydrogen) atoms. The van der Waals surface area contributed by atoms with Gasteiger partial charge >= 0.3 is 0 Å². The number of carbonyl (C=O) groups excluding carboxylic acids is 1. The molecule has 0 bridgehead atoms. The Morgan fingerprint density at radius 2 is 2.00 bits per heavy atom. The second-order valence-corrected chi connectivity index (χ2v) is 7.49. The number of thioether (sulfide) groups is 1. The van der Waals surface area contributed by atoms with E-state index in [4.69, 9.17) is 34.8 Å². The van der Waals surface area contributed by atoms with E-state index in [1.807, 2.05) is 0 Å². The number of aromatic amines is 1. The van der Waals surface area contributed by atoms with Crippen LogP contribution in [-0.4, -0.2) is 26.1 Å². The lowest BCUT2D eigenvalue weighted by Crippen LogP contribution is -2.22. The number of pyridine rings is 1. The number of para-hydroxylation sites is 1. The monoisotopic (exact) mass is 400 g/mol. The summed E-state index contributed by atoms with van der Waals surface area (Å²) in [5.41, 5.74) is 1.66. The average Bonchev–Trinajstić information content (AvgIpc) is 2.92. The Morgan fingerprint density at radius 1 is 1.29 bits per heavy atom. The number of nitrogens with zero attached hydrogens (tertiary/aromatic N) is 2. The maximum absolute atomic E-state index is 12.4. The van der Waals surface area contributed by atoms with Crippen LogP contribution in [0.2, 0.25) is 15.1 Å². The Morgan fingerprint density at radius 3 is 2.71 bits per heavy atom. The first-order chi connectivity index (χ1) is 11.4. The summed E-state index contributed by atoms with van der Waals surface area (Å²) in [5, 5.41) is 4.18. The lowest BCUT2D eigenvalue weighted by Gasteiger charge is -2.12. The number of anilines is 1. The van der Waals surface area contributed by atoms with Crippen molar-refractivity contribution in [3.8, 4) is 0 Å². The summed E-state index contributed by atoms with van der Waals surface area (Å²) in [6, 6.07) is 6.77. The number of fused-ring (bicyclic) bond motifs is 1. The maximum Gasteiger partial charge on any atom is 0.237 e. The average molecular weight is 402 g/mol. The van der Waals surface area contributed by atoms with Crippen LogP contribution in [0.1, 0.15) is 6.92 Å². The van der Waals surface area contributed by atoms with E-state index in [1.54, 1.807) is 31.2 Å². The fourth-order valence-electron chi connectivity index (χ4n) is 1.97. The SMILES string of the molecule is C[C@@H](Sc1nc2ncc(Cl)cc2[nH]1)C(=O)Nc1c(Cl)cccc1Cl. The number of halogens is 3. The molecule has 1 aromatic carbocycles. The third-order valence-corrected chi connectivity index (χ3v) is 4.97. The molecule has 124 valence electrons. The Bertz CT molecular complexity index is 895. The highest BCUT2D eigenvalue weighted by atomic mass is 35.5. The number of hydrogen-bond acceptors (Lipinski definition) is 4. The first-order valence-corrected chi connectivity index (χ1v) is 8.88. The molecule has 0 unspecified atom stereocenters. The second kappa shape index (κ2) is 7.19. The number of aromatic nitrogens is 3. The molecule has 1 amide bonds. The third-order valence-electron chi connectivity index (χ3n) is 3.15. The normalized spacial score (nSPS) is 12.3. The molecule has 0 saturated carbocycles. The summed E-state index contributed by atoms with van der Waals surface area (Å²) >= 11 is 19.3. The summed E-state index contributed by atoms with van der Waals surface area (Å²) < 4.78 is 0. The molecular weight excluding hydrogens is 391 g/mol. The highest BCUT2D eigenvalue weighted by Crippen LogP contribution is 2.31. The molecule has 3 aromatic rings. The molecule has 0 radical (unpaired) electrons. The smallest absolute Gasteiger partial charge is 0.237 e. The maximum atomic E-state index is 12.4. The molecule has 5 nitrogen and oxygen atoms in total. The Hall–Kier alpha value is -1.47. The fraction of sp³-hybridized carbons (Fsp3) is 0.133. The van der Waals surface area contributed by atoms with Crippen LogP contribution in [-0.2, 0) is 4.79 Å². The number of benzene rings is 1. The number of H-pyrrole nitrogens is 1. The zero-order valence-corrected chi connectivity index (χ0v) is 15.4. The topological polar surface area (TPSA) is 70.7 Å². The zero-order chi connectivity index (χ0) is 17.3. The van der Waals surface area contributed by atoms with E-state index in [9.17, 15) is 4.79 Å². The van der Waals surface area contributed by atoms with Crippen molar-refractivity contribution in [3.05, 3.63) is 45.5 Å². The molecule has 2 aromatic heterocycles. The minimum absolute atomic E-state index is 0.235. The van der Waals surface area contributed by atoms with Gasteiger partial charge in [-0.3, -0.25) is 4.79 Å². The van der Waals surface area contributed by atoms with E-state index in [0.717, 1.165) is 0 Å². The number of rotatable bonds is 4. The zero-order valence-electron chi connectivity index (χ0n) is 12.3. The highest BCUT2D eigenvalue weighted by Gasteiger charge is 2.19. The van der Waals surface area contributed by atoms with Crippen LogP contribution in [0, 0.1) is 0 Å². The molecule has 2 N–H and O–H groups in total. The lowest BCUT2D eigenvalue weighted by molar-refractivity contribution is -0.115. The van der Waals surface area contributed by atoms with E-state index in [-0.39, 0.29) is 5.91 Å². The molecule has 0 spiro atoms. The molecule has 0 aliphatic heterocycles. The minimum Gasteiger partial charge on any atom is -0.331 e. The van der Waals surface area contributed by atoms with Crippen LogP contribution in [0.25, 0.3) is 11.2 Å². The van der Waals surface area contributed by atoms with Crippen molar-refractivity contribution in [3.63, 3.8) is 0 Å². The fourth-order valence-corrected chi connectivity index (χ4v) is 3.43. The predicted molar refractivity (Wildman–Crippen MR) is 99.3 cm³/mol. The lowest BCUT2D eigenvalue weighted by atomic mass is 10.3. The minimum atomic E-state index is -0.423. The number of hydrogen-bond donors (Lipinski definition) is 2.